The molecule has 0 radical (unpaired) electrons. The molecular formula is C16H18FN3OS. The fourth-order valence-corrected chi connectivity index (χ4v) is 3.55. The number of carbonyl (C=O) groups is 1. The van der Waals surface area contributed by atoms with Crippen LogP contribution in [0.2, 0.25) is 0 Å². The molecule has 22 heavy (non-hydrogen) atoms. The van der Waals surface area contributed by atoms with Crippen molar-refractivity contribution in [1.82, 2.24) is 4.98 Å². The molecular weight excluding hydrogens is 301 g/mol. The lowest BCUT2D eigenvalue weighted by Gasteiger charge is -2.18. The van der Waals surface area contributed by atoms with E-state index in [-0.39, 0.29) is 11.7 Å². The van der Waals surface area contributed by atoms with Crippen molar-refractivity contribution in [3.8, 4) is 0 Å². The third-order valence-corrected chi connectivity index (χ3v) is 4.79. The average molecular weight is 319 g/mol. The number of anilines is 2. The van der Waals surface area contributed by atoms with E-state index < -0.39 is 0 Å². The largest absolute Gasteiger partial charge is 0.371 e. The molecule has 2 heterocycles. The molecule has 1 fully saturated rings. The van der Waals surface area contributed by atoms with Gasteiger partial charge in [0.15, 0.2) is 0 Å². The summed E-state index contributed by atoms with van der Waals surface area (Å²) in [6, 6.07) is 4.69. The predicted octanol–water partition coefficient (Wildman–Crippen LogP) is 3.75. The van der Waals surface area contributed by atoms with E-state index in [1.165, 1.54) is 23.5 Å². The number of nitrogens with zero attached hydrogens (tertiary/aromatic N) is 2. The Morgan fingerprint density at radius 1 is 1.27 bits per heavy atom. The number of rotatable bonds is 3. The van der Waals surface area contributed by atoms with Gasteiger partial charge < -0.3 is 10.2 Å². The van der Waals surface area contributed by atoms with E-state index in [4.69, 9.17) is 0 Å². The predicted molar refractivity (Wildman–Crippen MR) is 87.4 cm³/mol. The molecule has 116 valence electrons. The quantitative estimate of drug-likeness (QED) is 0.937. The van der Waals surface area contributed by atoms with Gasteiger partial charge in [-0.25, -0.2) is 9.37 Å². The second kappa shape index (κ2) is 6.04. The van der Waals surface area contributed by atoms with Crippen molar-refractivity contribution >= 4 is 28.6 Å². The van der Waals surface area contributed by atoms with Crippen LogP contribution in [0.15, 0.2) is 18.2 Å². The van der Waals surface area contributed by atoms with Crippen molar-refractivity contribution in [2.24, 2.45) is 0 Å². The molecule has 0 spiro atoms. The Kier molecular flexibility index (Phi) is 4.11. The number of nitrogens with one attached hydrogen (secondary N) is 1. The van der Waals surface area contributed by atoms with Crippen molar-refractivity contribution < 1.29 is 9.18 Å². The number of aromatic nitrogens is 1. The minimum atomic E-state index is -0.336. The monoisotopic (exact) mass is 319 g/mol. The standard InChI is InChI=1S/C16H18FN3OS/c1-10-15(22-11(2)18-10)16(21)19-13-7-12(17)8-14(9-13)20-5-3-4-6-20/h7-9H,3-6H2,1-2H3,(H,19,21). The van der Waals surface area contributed by atoms with Gasteiger partial charge in [0, 0.05) is 24.5 Å². The lowest BCUT2D eigenvalue weighted by atomic mass is 10.2. The zero-order chi connectivity index (χ0) is 15.7. The van der Waals surface area contributed by atoms with E-state index in [1.54, 1.807) is 6.92 Å². The summed E-state index contributed by atoms with van der Waals surface area (Å²) in [5, 5.41) is 3.63. The van der Waals surface area contributed by atoms with Gasteiger partial charge in [-0.2, -0.15) is 0 Å². The SMILES string of the molecule is Cc1nc(C)c(C(=O)Nc2cc(F)cc(N3CCCC3)c2)s1. The van der Waals surface area contributed by atoms with Crippen molar-refractivity contribution in [3.63, 3.8) is 0 Å². The van der Waals surface area contributed by atoms with Gasteiger partial charge in [-0.05, 0) is 44.9 Å². The van der Waals surface area contributed by atoms with Crippen LogP contribution in [-0.4, -0.2) is 24.0 Å². The van der Waals surface area contributed by atoms with Crippen molar-refractivity contribution in [3.05, 3.63) is 39.6 Å². The average Bonchev–Trinajstić information content (AvgIpc) is 3.07. The first-order chi connectivity index (χ1) is 10.5. The smallest absolute Gasteiger partial charge is 0.267 e. The molecule has 0 saturated carbocycles. The second-order valence-electron chi connectivity index (χ2n) is 5.49. The van der Waals surface area contributed by atoms with Crippen LogP contribution in [-0.2, 0) is 0 Å². The number of amides is 1. The van der Waals surface area contributed by atoms with Gasteiger partial charge in [0.1, 0.15) is 10.7 Å². The zero-order valence-corrected chi connectivity index (χ0v) is 13.5. The van der Waals surface area contributed by atoms with Gasteiger partial charge in [0.05, 0.1) is 10.7 Å². The third-order valence-electron chi connectivity index (χ3n) is 3.72. The maximum atomic E-state index is 13.8. The van der Waals surface area contributed by atoms with E-state index in [1.807, 2.05) is 13.0 Å². The molecule has 1 aliphatic rings. The van der Waals surface area contributed by atoms with Crippen LogP contribution in [0.4, 0.5) is 15.8 Å². The lowest BCUT2D eigenvalue weighted by Crippen LogP contribution is -2.18. The molecule has 4 nitrogen and oxygen atoms in total. The summed E-state index contributed by atoms with van der Waals surface area (Å²) in [5.41, 5.74) is 2.01. The first kappa shape index (κ1) is 15.0. The van der Waals surface area contributed by atoms with Crippen LogP contribution in [0.1, 0.15) is 33.2 Å². The third kappa shape index (κ3) is 3.11. The Morgan fingerprint density at radius 2 is 2.00 bits per heavy atom. The van der Waals surface area contributed by atoms with E-state index in [9.17, 15) is 9.18 Å². The van der Waals surface area contributed by atoms with E-state index in [0.29, 0.717) is 16.3 Å². The highest BCUT2D eigenvalue weighted by atomic mass is 32.1. The number of carbonyl (C=O) groups excluding carboxylic acids is 1. The minimum Gasteiger partial charge on any atom is -0.371 e. The number of aryl methyl sites for hydroxylation is 2. The van der Waals surface area contributed by atoms with Crippen LogP contribution in [0.3, 0.4) is 0 Å². The van der Waals surface area contributed by atoms with E-state index in [2.05, 4.69) is 15.2 Å². The molecule has 6 heteroatoms. The Morgan fingerprint density at radius 3 is 2.64 bits per heavy atom. The summed E-state index contributed by atoms with van der Waals surface area (Å²) < 4.78 is 13.8. The highest BCUT2D eigenvalue weighted by molar-refractivity contribution is 7.13. The van der Waals surface area contributed by atoms with Gasteiger partial charge in [0.2, 0.25) is 0 Å². The molecule has 1 N–H and O–H groups in total. The Labute approximate surface area is 133 Å². The fourth-order valence-electron chi connectivity index (χ4n) is 2.73. The number of thiazole rings is 1. The second-order valence-corrected chi connectivity index (χ2v) is 6.70. The van der Waals surface area contributed by atoms with E-state index >= 15 is 0 Å². The van der Waals surface area contributed by atoms with Crippen LogP contribution < -0.4 is 10.2 Å². The topological polar surface area (TPSA) is 45.2 Å². The molecule has 0 unspecified atom stereocenters. The highest BCUT2D eigenvalue weighted by Crippen LogP contribution is 2.26. The first-order valence-electron chi connectivity index (χ1n) is 7.34. The molecule has 1 saturated heterocycles. The lowest BCUT2D eigenvalue weighted by molar-refractivity contribution is 0.103. The Bertz CT molecular complexity index is 707. The van der Waals surface area contributed by atoms with Crippen molar-refractivity contribution in [1.29, 1.82) is 0 Å². The molecule has 1 aromatic heterocycles. The summed E-state index contributed by atoms with van der Waals surface area (Å²) in [5.74, 6) is -0.571. The highest BCUT2D eigenvalue weighted by Gasteiger charge is 2.17. The molecule has 0 aliphatic carbocycles. The van der Waals surface area contributed by atoms with Crippen molar-refractivity contribution in [2.45, 2.75) is 26.7 Å². The summed E-state index contributed by atoms with van der Waals surface area (Å²) in [6.07, 6.45) is 2.25. The van der Waals surface area contributed by atoms with Crippen LogP contribution in [0, 0.1) is 19.7 Å². The number of halogens is 1. The van der Waals surface area contributed by atoms with E-state index in [0.717, 1.165) is 36.6 Å². The Hall–Kier alpha value is -1.95. The zero-order valence-electron chi connectivity index (χ0n) is 12.6. The molecule has 2 aromatic rings. The minimum absolute atomic E-state index is 0.235. The first-order valence-corrected chi connectivity index (χ1v) is 8.15. The van der Waals surface area contributed by atoms with Crippen LogP contribution in [0.5, 0.6) is 0 Å². The number of hydrogen-bond acceptors (Lipinski definition) is 4. The summed E-state index contributed by atoms with van der Waals surface area (Å²) in [4.78, 5) is 19.3. The molecule has 1 amide bonds. The maximum Gasteiger partial charge on any atom is 0.267 e. The summed E-state index contributed by atoms with van der Waals surface area (Å²) in [7, 11) is 0. The fraction of sp³-hybridized carbons (Fsp3) is 0.375. The summed E-state index contributed by atoms with van der Waals surface area (Å²) in [6.45, 7) is 5.54. The van der Waals surface area contributed by atoms with Crippen molar-refractivity contribution in [2.75, 3.05) is 23.3 Å². The molecule has 1 aromatic carbocycles. The van der Waals surface area contributed by atoms with Gasteiger partial charge in [-0.1, -0.05) is 0 Å². The normalized spacial score (nSPS) is 14.4. The van der Waals surface area contributed by atoms with Gasteiger partial charge in [0.25, 0.3) is 5.91 Å². The van der Waals surface area contributed by atoms with Gasteiger partial charge in [-0.3, -0.25) is 4.79 Å². The van der Waals surface area contributed by atoms with Gasteiger partial charge >= 0.3 is 0 Å². The number of hydrogen-bond donors (Lipinski definition) is 1. The molecule has 3 rings (SSSR count). The van der Waals surface area contributed by atoms with Crippen LogP contribution in [0.25, 0.3) is 0 Å². The summed E-state index contributed by atoms with van der Waals surface area (Å²) >= 11 is 1.35. The van der Waals surface area contributed by atoms with Gasteiger partial charge in [-0.15, -0.1) is 11.3 Å². The molecule has 0 bridgehead atoms. The maximum absolute atomic E-state index is 13.8. The molecule has 0 atom stereocenters. The number of benzene rings is 1. The Balaban J connectivity index is 1.82. The molecule has 1 aliphatic heterocycles. The van der Waals surface area contributed by atoms with Crippen LogP contribution >= 0.6 is 11.3 Å².